The van der Waals surface area contributed by atoms with Gasteiger partial charge in [-0.3, -0.25) is 0 Å². The molecule has 3 heteroatoms. The van der Waals surface area contributed by atoms with Crippen LogP contribution < -0.4 is 0 Å². The Hall–Kier alpha value is -0.960. The topological polar surface area (TPSA) is 32.6 Å². The molecule has 0 aliphatic rings. The lowest BCUT2D eigenvalue weighted by atomic mass is 10.1. The first-order chi connectivity index (χ1) is 7.30. The van der Waals surface area contributed by atoms with Gasteiger partial charge in [0.1, 0.15) is 0 Å². The third-order valence-corrected chi connectivity index (χ3v) is 3.09. The van der Waals surface area contributed by atoms with Gasteiger partial charge >= 0.3 is 0 Å². The Morgan fingerprint density at radius 1 is 1.27 bits per heavy atom. The van der Waals surface area contributed by atoms with Crippen molar-refractivity contribution in [1.29, 1.82) is 0 Å². The molecule has 82 valence electrons. The molecule has 1 rings (SSSR count). The first-order valence-electron chi connectivity index (χ1n) is 5.21. The molecule has 0 atom stereocenters. The fraction of sp³-hybridized carbons (Fsp3) is 0.417. The molecule has 15 heavy (non-hydrogen) atoms. The Morgan fingerprint density at radius 3 is 2.40 bits per heavy atom. The molecule has 0 amide bonds. The molecule has 1 N–H and O–H groups in total. The van der Waals surface area contributed by atoms with Crippen LogP contribution in [0.4, 0.5) is 0 Å². The van der Waals surface area contributed by atoms with E-state index in [0.717, 1.165) is 24.3 Å². The first kappa shape index (κ1) is 12.1. The molecule has 0 aliphatic carbocycles. The highest BCUT2D eigenvalue weighted by molar-refractivity contribution is 7.99. The molecule has 2 nitrogen and oxygen atoms in total. The summed E-state index contributed by atoms with van der Waals surface area (Å²) in [5.74, 6) is 1.09. The first-order valence-corrected chi connectivity index (χ1v) is 6.20. The standard InChI is InChI=1S/C12H17NOS/c1-3-11(13-14)9-10-5-7-12(8-6-10)15-4-2/h5-8,14H,3-4,9H2,1-2H3/b13-11-. The largest absolute Gasteiger partial charge is 0.411 e. The van der Waals surface area contributed by atoms with E-state index in [1.165, 1.54) is 10.5 Å². The molecule has 0 unspecified atom stereocenters. The summed E-state index contributed by atoms with van der Waals surface area (Å²) in [5, 5.41) is 12.0. The van der Waals surface area contributed by atoms with Crippen molar-refractivity contribution in [3.05, 3.63) is 29.8 Å². The van der Waals surface area contributed by atoms with Gasteiger partial charge in [0.25, 0.3) is 0 Å². The number of rotatable bonds is 5. The van der Waals surface area contributed by atoms with Crippen LogP contribution in [-0.4, -0.2) is 16.7 Å². The zero-order valence-corrected chi connectivity index (χ0v) is 10.0. The van der Waals surface area contributed by atoms with E-state index in [2.05, 4.69) is 36.3 Å². The van der Waals surface area contributed by atoms with Gasteiger partial charge in [-0.15, -0.1) is 11.8 Å². The van der Waals surface area contributed by atoms with Gasteiger partial charge < -0.3 is 5.21 Å². The molecule has 0 aromatic heterocycles. The molecule has 0 fully saturated rings. The minimum absolute atomic E-state index is 0.740. The summed E-state index contributed by atoms with van der Waals surface area (Å²) in [5.41, 5.74) is 2.02. The molecule has 0 heterocycles. The third kappa shape index (κ3) is 3.96. The molecule has 0 spiro atoms. The van der Waals surface area contributed by atoms with Crippen molar-refractivity contribution in [3.8, 4) is 0 Å². The van der Waals surface area contributed by atoms with Crippen LogP contribution in [0.15, 0.2) is 34.3 Å². The maximum atomic E-state index is 8.71. The molecule has 0 saturated carbocycles. The Kier molecular flexibility index (Phi) is 5.26. The second kappa shape index (κ2) is 6.51. The fourth-order valence-electron chi connectivity index (χ4n) is 1.34. The summed E-state index contributed by atoms with van der Waals surface area (Å²) in [6.45, 7) is 4.14. The van der Waals surface area contributed by atoms with Gasteiger partial charge in [0.2, 0.25) is 0 Å². The molecule has 1 aromatic carbocycles. The SMILES string of the molecule is CCSc1ccc(C/C(CC)=N\O)cc1. The van der Waals surface area contributed by atoms with E-state index in [1.54, 1.807) is 0 Å². The molecule has 0 aliphatic heterocycles. The van der Waals surface area contributed by atoms with Crippen LogP contribution in [0.25, 0.3) is 0 Å². The van der Waals surface area contributed by atoms with Crippen LogP contribution in [0.1, 0.15) is 25.8 Å². The summed E-state index contributed by atoms with van der Waals surface area (Å²) < 4.78 is 0. The van der Waals surface area contributed by atoms with Crippen LogP contribution in [0.5, 0.6) is 0 Å². The van der Waals surface area contributed by atoms with Crippen molar-refractivity contribution in [2.75, 3.05) is 5.75 Å². The number of hydrogen-bond acceptors (Lipinski definition) is 3. The Bertz CT molecular complexity index is 319. The summed E-state index contributed by atoms with van der Waals surface area (Å²) in [7, 11) is 0. The van der Waals surface area contributed by atoms with Gasteiger partial charge in [-0.1, -0.05) is 31.1 Å². The second-order valence-electron chi connectivity index (χ2n) is 3.27. The van der Waals surface area contributed by atoms with Crippen LogP contribution >= 0.6 is 11.8 Å². The van der Waals surface area contributed by atoms with Crippen molar-refractivity contribution in [2.24, 2.45) is 5.16 Å². The minimum Gasteiger partial charge on any atom is -0.411 e. The van der Waals surface area contributed by atoms with Crippen molar-refractivity contribution in [2.45, 2.75) is 31.6 Å². The van der Waals surface area contributed by atoms with E-state index >= 15 is 0 Å². The zero-order valence-electron chi connectivity index (χ0n) is 9.23. The zero-order chi connectivity index (χ0) is 11.1. The second-order valence-corrected chi connectivity index (χ2v) is 4.61. The molecular formula is C12H17NOS. The number of hydrogen-bond donors (Lipinski definition) is 1. The predicted octanol–water partition coefficient (Wildman–Crippen LogP) is 3.58. The van der Waals surface area contributed by atoms with Gasteiger partial charge in [0.05, 0.1) is 5.71 Å². The van der Waals surface area contributed by atoms with Gasteiger partial charge in [-0.25, -0.2) is 0 Å². The molecule has 0 radical (unpaired) electrons. The molecule has 0 bridgehead atoms. The van der Waals surface area contributed by atoms with Crippen molar-refractivity contribution in [1.82, 2.24) is 0 Å². The van der Waals surface area contributed by atoms with Crippen molar-refractivity contribution < 1.29 is 5.21 Å². The van der Waals surface area contributed by atoms with Gasteiger partial charge in [-0.2, -0.15) is 0 Å². The third-order valence-electron chi connectivity index (χ3n) is 2.19. The lowest BCUT2D eigenvalue weighted by Gasteiger charge is -2.03. The number of thioether (sulfide) groups is 1. The summed E-state index contributed by atoms with van der Waals surface area (Å²) in [4.78, 5) is 1.29. The van der Waals surface area contributed by atoms with Crippen LogP contribution in [0, 0.1) is 0 Å². The van der Waals surface area contributed by atoms with E-state index in [9.17, 15) is 0 Å². The summed E-state index contributed by atoms with van der Waals surface area (Å²) in [6, 6.07) is 8.43. The van der Waals surface area contributed by atoms with E-state index < -0.39 is 0 Å². The van der Waals surface area contributed by atoms with Gasteiger partial charge in [-0.05, 0) is 29.9 Å². The van der Waals surface area contributed by atoms with Gasteiger partial charge in [0.15, 0.2) is 0 Å². The molecule has 1 aromatic rings. The predicted molar refractivity (Wildman–Crippen MR) is 66.1 cm³/mol. The van der Waals surface area contributed by atoms with E-state index in [0.29, 0.717) is 0 Å². The summed E-state index contributed by atoms with van der Waals surface area (Å²) in [6.07, 6.45) is 1.53. The van der Waals surface area contributed by atoms with Crippen LogP contribution in [0.2, 0.25) is 0 Å². The average Bonchev–Trinajstić information content (AvgIpc) is 2.28. The number of oxime groups is 1. The smallest absolute Gasteiger partial charge is 0.0611 e. The van der Waals surface area contributed by atoms with Crippen LogP contribution in [-0.2, 0) is 6.42 Å². The molecule has 0 saturated heterocycles. The number of benzene rings is 1. The normalized spacial score (nSPS) is 11.7. The van der Waals surface area contributed by atoms with Gasteiger partial charge in [0, 0.05) is 11.3 Å². The minimum atomic E-state index is 0.740. The maximum absolute atomic E-state index is 8.71. The number of nitrogens with zero attached hydrogens (tertiary/aromatic N) is 1. The lowest BCUT2D eigenvalue weighted by molar-refractivity contribution is 0.317. The monoisotopic (exact) mass is 223 g/mol. The highest BCUT2D eigenvalue weighted by atomic mass is 32.2. The Balaban J connectivity index is 2.64. The van der Waals surface area contributed by atoms with Crippen molar-refractivity contribution >= 4 is 17.5 Å². The van der Waals surface area contributed by atoms with E-state index in [-0.39, 0.29) is 0 Å². The van der Waals surface area contributed by atoms with Crippen molar-refractivity contribution in [3.63, 3.8) is 0 Å². The maximum Gasteiger partial charge on any atom is 0.0611 e. The highest BCUT2D eigenvalue weighted by Gasteiger charge is 2.00. The fourth-order valence-corrected chi connectivity index (χ4v) is 2.00. The average molecular weight is 223 g/mol. The Morgan fingerprint density at radius 2 is 1.93 bits per heavy atom. The molecular weight excluding hydrogens is 206 g/mol. The quantitative estimate of drug-likeness (QED) is 0.358. The lowest BCUT2D eigenvalue weighted by Crippen LogP contribution is -2.01. The van der Waals surface area contributed by atoms with E-state index in [4.69, 9.17) is 5.21 Å². The summed E-state index contributed by atoms with van der Waals surface area (Å²) >= 11 is 1.83. The van der Waals surface area contributed by atoms with Crippen LogP contribution in [0.3, 0.4) is 0 Å². The van der Waals surface area contributed by atoms with E-state index in [1.807, 2.05) is 18.7 Å². The Labute approximate surface area is 95.4 Å². The highest BCUT2D eigenvalue weighted by Crippen LogP contribution is 2.18.